The van der Waals surface area contributed by atoms with Gasteiger partial charge in [-0.15, -0.1) is 5.10 Å². The average Bonchev–Trinajstić information content (AvgIpc) is 2.86. The molecule has 7 heteroatoms. The fourth-order valence-corrected chi connectivity index (χ4v) is 2.19. The Bertz CT molecular complexity index is 719. The molecular weight excluding hydrogens is 296 g/mol. The molecule has 7 nitrogen and oxygen atoms in total. The zero-order chi connectivity index (χ0) is 17.1. The topological polar surface area (TPSA) is 97.1 Å². The van der Waals surface area contributed by atoms with E-state index in [1.807, 2.05) is 31.2 Å². The molecule has 0 fully saturated rings. The second kappa shape index (κ2) is 6.60. The largest absolute Gasteiger partial charge is 0.480 e. The van der Waals surface area contributed by atoms with E-state index in [1.165, 1.54) is 0 Å². The van der Waals surface area contributed by atoms with Crippen LogP contribution in [0.25, 0.3) is 5.69 Å². The van der Waals surface area contributed by atoms with Crippen molar-refractivity contribution in [3.63, 3.8) is 0 Å². The van der Waals surface area contributed by atoms with Crippen molar-refractivity contribution in [2.75, 3.05) is 0 Å². The number of hydrogen-bond acceptors (Lipinski definition) is 4. The van der Waals surface area contributed by atoms with Gasteiger partial charge in [-0.3, -0.25) is 4.79 Å². The molecule has 1 atom stereocenters. The van der Waals surface area contributed by atoms with Crippen LogP contribution in [0.1, 0.15) is 35.6 Å². The van der Waals surface area contributed by atoms with E-state index >= 15 is 0 Å². The number of carbonyl (C=O) groups excluding carboxylic acids is 1. The lowest BCUT2D eigenvalue weighted by Crippen LogP contribution is -2.44. The maximum atomic E-state index is 12.3. The molecule has 0 saturated carbocycles. The molecule has 0 aliphatic carbocycles. The molecule has 122 valence electrons. The van der Waals surface area contributed by atoms with E-state index < -0.39 is 17.9 Å². The van der Waals surface area contributed by atoms with Crippen LogP contribution in [0.5, 0.6) is 0 Å². The molecule has 0 radical (unpaired) electrons. The Hall–Kier alpha value is -2.70. The van der Waals surface area contributed by atoms with Crippen LogP contribution in [0, 0.1) is 19.8 Å². The van der Waals surface area contributed by atoms with Gasteiger partial charge in [0.25, 0.3) is 5.91 Å². The normalized spacial score (nSPS) is 12.2. The third kappa shape index (κ3) is 3.56. The first-order valence-corrected chi connectivity index (χ1v) is 7.34. The number of carboxylic acid groups (broad SMARTS) is 1. The summed E-state index contributed by atoms with van der Waals surface area (Å²) in [5.74, 6) is -1.84. The van der Waals surface area contributed by atoms with Gasteiger partial charge in [-0.05, 0) is 31.9 Å². The van der Waals surface area contributed by atoms with Gasteiger partial charge >= 0.3 is 5.97 Å². The maximum absolute atomic E-state index is 12.3. The lowest BCUT2D eigenvalue weighted by molar-refractivity contribution is -0.140. The van der Waals surface area contributed by atoms with Crippen LogP contribution < -0.4 is 5.32 Å². The summed E-state index contributed by atoms with van der Waals surface area (Å²) in [6.45, 7) is 7.17. The van der Waals surface area contributed by atoms with Crippen LogP contribution in [0.15, 0.2) is 24.3 Å². The molecule has 0 aliphatic heterocycles. The molecule has 2 rings (SSSR count). The molecule has 23 heavy (non-hydrogen) atoms. The number of amides is 1. The fourth-order valence-electron chi connectivity index (χ4n) is 2.19. The number of benzene rings is 1. The van der Waals surface area contributed by atoms with E-state index in [2.05, 4.69) is 15.6 Å². The van der Waals surface area contributed by atoms with Crippen molar-refractivity contribution in [2.45, 2.75) is 33.7 Å². The summed E-state index contributed by atoms with van der Waals surface area (Å²) in [6, 6.07) is 6.68. The quantitative estimate of drug-likeness (QED) is 0.875. The highest BCUT2D eigenvalue weighted by molar-refractivity contribution is 5.95. The number of aryl methyl sites for hydroxylation is 1. The highest BCUT2D eigenvalue weighted by Gasteiger charge is 2.26. The Morgan fingerprint density at radius 1 is 1.17 bits per heavy atom. The van der Waals surface area contributed by atoms with Gasteiger partial charge in [0.2, 0.25) is 0 Å². The molecule has 0 saturated heterocycles. The monoisotopic (exact) mass is 316 g/mol. The zero-order valence-corrected chi connectivity index (χ0v) is 13.6. The lowest BCUT2D eigenvalue weighted by atomic mass is 10.0. The summed E-state index contributed by atoms with van der Waals surface area (Å²) in [6.07, 6.45) is 0. The van der Waals surface area contributed by atoms with Gasteiger partial charge in [-0.1, -0.05) is 36.8 Å². The first-order valence-electron chi connectivity index (χ1n) is 7.34. The summed E-state index contributed by atoms with van der Waals surface area (Å²) in [7, 11) is 0. The minimum absolute atomic E-state index is 0.123. The Balaban J connectivity index is 2.26. The van der Waals surface area contributed by atoms with Crippen LogP contribution >= 0.6 is 0 Å². The van der Waals surface area contributed by atoms with Crippen molar-refractivity contribution in [2.24, 2.45) is 5.92 Å². The maximum Gasteiger partial charge on any atom is 0.326 e. The molecule has 0 unspecified atom stereocenters. The predicted octanol–water partition coefficient (Wildman–Crippen LogP) is 1.72. The first-order chi connectivity index (χ1) is 10.8. The predicted molar refractivity (Wildman–Crippen MR) is 84.6 cm³/mol. The van der Waals surface area contributed by atoms with Crippen molar-refractivity contribution in [3.05, 3.63) is 41.2 Å². The number of hydrogen-bond donors (Lipinski definition) is 2. The molecule has 0 bridgehead atoms. The van der Waals surface area contributed by atoms with E-state index in [1.54, 1.807) is 25.5 Å². The second-order valence-electron chi connectivity index (χ2n) is 5.80. The molecule has 0 aliphatic rings. The number of nitrogens with zero attached hydrogens (tertiary/aromatic N) is 3. The van der Waals surface area contributed by atoms with Crippen molar-refractivity contribution < 1.29 is 14.7 Å². The number of carbonyl (C=O) groups is 2. The highest BCUT2D eigenvalue weighted by atomic mass is 16.4. The van der Waals surface area contributed by atoms with Gasteiger partial charge in [0.15, 0.2) is 5.69 Å². The molecule has 1 aromatic carbocycles. The standard InChI is InChI=1S/C16H20N4O3/c1-9(2)13(16(22)23)17-15(21)14-11(4)20(19-18-14)12-7-5-10(3)6-8-12/h5-9,13H,1-4H3,(H,17,21)(H,22,23)/t13-/m0/s1. The van der Waals surface area contributed by atoms with Gasteiger partial charge < -0.3 is 10.4 Å². The Morgan fingerprint density at radius 3 is 2.30 bits per heavy atom. The first kappa shape index (κ1) is 16.7. The number of aromatic nitrogens is 3. The van der Waals surface area contributed by atoms with Crippen LogP contribution in [0.3, 0.4) is 0 Å². The lowest BCUT2D eigenvalue weighted by Gasteiger charge is -2.17. The number of carboxylic acids is 1. The molecule has 1 heterocycles. The summed E-state index contributed by atoms with van der Waals surface area (Å²) < 4.78 is 1.56. The van der Waals surface area contributed by atoms with E-state index in [0.717, 1.165) is 11.3 Å². The number of aliphatic carboxylic acids is 1. The molecular formula is C16H20N4O3. The van der Waals surface area contributed by atoms with E-state index in [4.69, 9.17) is 5.11 Å². The summed E-state index contributed by atoms with van der Waals surface area (Å²) in [5.41, 5.74) is 2.58. The third-order valence-electron chi connectivity index (χ3n) is 3.61. The Labute approximate surface area is 134 Å². The molecule has 2 aromatic rings. The van der Waals surface area contributed by atoms with Crippen molar-refractivity contribution in [3.8, 4) is 5.69 Å². The van der Waals surface area contributed by atoms with E-state index in [0.29, 0.717) is 5.69 Å². The summed E-state index contributed by atoms with van der Waals surface area (Å²) in [4.78, 5) is 23.5. The molecule has 1 aromatic heterocycles. The molecule has 2 N–H and O–H groups in total. The van der Waals surface area contributed by atoms with Crippen LogP contribution in [-0.2, 0) is 4.79 Å². The Kier molecular flexibility index (Phi) is 4.78. The number of rotatable bonds is 5. The summed E-state index contributed by atoms with van der Waals surface area (Å²) >= 11 is 0. The van der Waals surface area contributed by atoms with E-state index in [-0.39, 0.29) is 11.6 Å². The van der Waals surface area contributed by atoms with Crippen molar-refractivity contribution >= 4 is 11.9 Å². The van der Waals surface area contributed by atoms with Crippen molar-refractivity contribution in [1.82, 2.24) is 20.3 Å². The smallest absolute Gasteiger partial charge is 0.326 e. The molecule has 1 amide bonds. The highest BCUT2D eigenvalue weighted by Crippen LogP contribution is 2.13. The van der Waals surface area contributed by atoms with E-state index in [9.17, 15) is 9.59 Å². The minimum atomic E-state index is -1.07. The zero-order valence-electron chi connectivity index (χ0n) is 13.6. The second-order valence-corrected chi connectivity index (χ2v) is 5.80. The van der Waals surface area contributed by atoms with Crippen LogP contribution in [0.2, 0.25) is 0 Å². The average molecular weight is 316 g/mol. The number of nitrogens with one attached hydrogen (secondary N) is 1. The van der Waals surface area contributed by atoms with Gasteiger partial charge in [-0.2, -0.15) is 0 Å². The fraction of sp³-hybridized carbons (Fsp3) is 0.375. The van der Waals surface area contributed by atoms with Gasteiger partial charge in [0.05, 0.1) is 11.4 Å². The van der Waals surface area contributed by atoms with Crippen molar-refractivity contribution in [1.29, 1.82) is 0 Å². The van der Waals surface area contributed by atoms with Gasteiger partial charge in [-0.25, -0.2) is 9.48 Å². The molecule has 0 spiro atoms. The van der Waals surface area contributed by atoms with Gasteiger partial charge in [0, 0.05) is 0 Å². The van der Waals surface area contributed by atoms with Crippen LogP contribution in [0.4, 0.5) is 0 Å². The SMILES string of the molecule is Cc1ccc(-n2nnc(C(=O)N[C@H](C(=O)O)C(C)C)c2C)cc1. The summed E-state index contributed by atoms with van der Waals surface area (Å²) in [5, 5.41) is 19.5. The van der Waals surface area contributed by atoms with Gasteiger partial charge in [0.1, 0.15) is 6.04 Å². The Morgan fingerprint density at radius 2 is 1.78 bits per heavy atom. The third-order valence-corrected chi connectivity index (χ3v) is 3.61. The van der Waals surface area contributed by atoms with Crippen LogP contribution in [-0.4, -0.2) is 38.0 Å². The minimum Gasteiger partial charge on any atom is -0.480 e.